The average molecular weight is 214 g/mol. The van der Waals surface area contributed by atoms with Crippen molar-refractivity contribution < 1.29 is 5.11 Å². The number of hydrogen-bond acceptors (Lipinski definition) is 3. The predicted octanol–water partition coefficient (Wildman–Crippen LogP) is 1.21. The molecule has 15 heavy (non-hydrogen) atoms. The minimum atomic E-state index is -0.463. The third kappa shape index (κ3) is 4.09. The van der Waals surface area contributed by atoms with Gasteiger partial charge < -0.3 is 15.7 Å². The highest BCUT2D eigenvalue weighted by Gasteiger charge is 2.27. The van der Waals surface area contributed by atoms with Gasteiger partial charge in [-0.3, -0.25) is 0 Å². The van der Waals surface area contributed by atoms with Crippen LogP contribution in [0.15, 0.2) is 0 Å². The van der Waals surface area contributed by atoms with E-state index in [9.17, 15) is 0 Å². The Morgan fingerprint density at radius 3 is 2.67 bits per heavy atom. The van der Waals surface area contributed by atoms with Crippen LogP contribution in [-0.4, -0.2) is 41.8 Å². The van der Waals surface area contributed by atoms with E-state index in [0.717, 1.165) is 12.5 Å². The molecule has 1 saturated carbocycles. The number of aliphatic hydroxyl groups excluding tert-OH is 1. The van der Waals surface area contributed by atoms with Crippen molar-refractivity contribution in [3.63, 3.8) is 0 Å². The minimum Gasteiger partial charge on any atom is -0.394 e. The molecule has 1 rings (SSSR count). The molecule has 0 aromatic carbocycles. The van der Waals surface area contributed by atoms with Crippen molar-refractivity contribution in [1.29, 1.82) is 0 Å². The molecule has 3 N–H and O–H groups in total. The van der Waals surface area contributed by atoms with E-state index in [-0.39, 0.29) is 6.61 Å². The monoisotopic (exact) mass is 214 g/mol. The molecular weight excluding hydrogens is 188 g/mol. The van der Waals surface area contributed by atoms with Gasteiger partial charge in [0.1, 0.15) is 0 Å². The Bertz CT molecular complexity index is 194. The van der Waals surface area contributed by atoms with E-state index in [1.54, 1.807) is 0 Å². The molecule has 0 heterocycles. The molecule has 3 nitrogen and oxygen atoms in total. The highest BCUT2D eigenvalue weighted by atomic mass is 16.3. The van der Waals surface area contributed by atoms with Crippen molar-refractivity contribution in [1.82, 2.24) is 4.90 Å². The number of nitrogens with zero attached hydrogens (tertiary/aromatic N) is 1. The molecule has 0 aromatic heterocycles. The van der Waals surface area contributed by atoms with Crippen molar-refractivity contribution in [3.05, 3.63) is 0 Å². The summed E-state index contributed by atoms with van der Waals surface area (Å²) < 4.78 is 0. The third-order valence-electron chi connectivity index (χ3n) is 3.50. The lowest BCUT2D eigenvalue weighted by atomic mass is 9.86. The average Bonchev–Trinajstić information content (AvgIpc) is 2.17. The highest BCUT2D eigenvalue weighted by molar-refractivity contribution is 4.85. The summed E-state index contributed by atoms with van der Waals surface area (Å²) >= 11 is 0. The molecule has 3 atom stereocenters. The van der Waals surface area contributed by atoms with Crippen LogP contribution in [0.3, 0.4) is 0 Å². The van der Waals surface area contributed by atoms with E-state index in [4.69, 9.17) is 10.8 Å². The third-order valence-corrected chi connectivity index (χ3v) is 3.50. The van der Waals surface area contributed by atoms with Crippen LogP contribution in [-0.2, 0) is 0 Å². The predicted molar refractivity (Wildman–Crippen MR) is 63.7 cm³/mol. The lowest BCUT2D eigenvalue weighted by molar-refractivity contribution is 0.109. The zero-order valence-corrected chi connectivity index (χ0v) is 10.4. The molecule has 0 saturated heterocycles. The van der Waals surface area contributed by atoms with E-state index < -0.39 is 5.54 Å². The van der Waals surface area contributed by atoms with Gasteiger partial charge in [-0.25, -0.2) is 0 Å². The molecule has 0 aromatic rings. The van der Waals surface area contributed by atoms with Gasteiger partial charge in [0.2, 0.25) is 0 Å². The smallest absolute Gasteiger partial charge is 0.0621 e. The molecule has 1 aliphatic rings. The van der Waals surface area contributed by atoms with Crippen molar-refractivity contribution in [3.8, 4) is 0 Å². The maximum absolute atomic E-state index is 9.14. The first-order valence-corrected chi connectivity index (χ1v) is 6.04. The summed E-state index contributed by atoms with van der Waals surface area (Å²) in [5, 5.41) is 9.14. The maximum atomic E-state index is 9.14. The fourth-order valence-corrected chi connectivity index (χ4v) is 2.55. The second kappa shape index (κ2) is 5.28. The summed E-state index contributed by atoms with van der Waals surface area (Å²) in [5.74, 6) is 0.837. The Kier molecular flexibility index (Phi) is 4.56. The summed E-state index contributed by atoms with van der Waals surface area (Å²) in [4.78, 5) is 2.33. The van der Waals surface area contributed by atoms with Crippen molar-refractivity contribution in [2.45, 2.75) is 51.1 Å². The summed E-state index contributed by atoms with van der Waals surface area (Å²) in [6.45, 7) is 5.07. The van der Waals surface area contributed by atoms with Crippen molar-refractivity contribution >= 4 is 0 Å². The molecule has 0 spiro atoms. The SMILES string of the molecule is CC1CCCC(N(C)CC(C)(N)CO)C1. The second-order valence-corrected chi connectivity index (χ2v) is 5.65. The van der Waals surface area contributed by atoms with E-state index in [1.807, 2.05) is 6.92 Å². The largest absolute Gasteiger partial charge is 0.394 e. The molecule has 0 bridgehead atoms. The number of aliphatic hydroxyl groups is 1. The van der Waals surface area contributed by atoms with E-state index in [0.29, 0.717) is 6.04 Å². The summed E-state index contributed by atoms with van der Waals surface area (Å²) in [5.41, 5.74) is 5.50. The van der Waals surface area contributed by atoms with E-state index in [2.05, 4.69) is 18.9 Å². The Hall–Kier alpha value is -0.120. The zero-order chi connectivity index (χ0) is 11.5. The number of likely N-dealkylation sites (N-methyl/N-ethyl adjacent to an activating group) is 1. The summed E-state index contributed by atoms with van der Waals surface area (Å²) in [6.07, 6.45) is 5.25. The first-order chi connectivity index (χ1) is 6.94. The molecular formula is C12H26N2O. The number of rotatable bonds is 4. The van der Waals surface area contributed by atoms with Crippen LogP contribution >= 0.6 is 0 Å². The Morgan fingerprint density at radius 2 is 2.13 bits per heavy atom. The van der Waals surface area contributed by atoms with Crippen LogP contribution in [0.4, 0.5) is 0 Å². The molecule has 0 radical (unpaired) electrons. The molecule has 1 fully saturated rings. The quantitative estimate of drug-likeness (QED) is 0.739. The lowest BCUT2D eigenvalue weighted by Gasteiger charge is -2.38. The van der Waals surface area contributed by atoms with Gasteiger partial charge >= 0.3 is 0 Å². The highest BCUT2D eigenvalue weighted by Crippen LogP contribution is 2.27. The van der Waals surface area contributed by atoms with Crippen LogP contribution in [0.2, 0.25) is 0 Å². The van der Waals surface area contributed by atoms with Gasteiger partial charge in [0.25, 0.3) is 0 Å². The zero-order valence-electron chi connectivity index (χ0n) is 10.4. The van der Waals surface area contributed by atoms with Crippen LogP contribution in [0, 0.1) is 5.92 Å². The van der Waals surface area contributed by atoms with Crippen molar-refractivity contribution in [2.75, 3.05) is 20.2 Å². The lowest BCUT2D eigenvalue weighted by Crippen LogP contribution is -2.52. The normalized spacial score (nSPS) is 31.6. The first kappa shape index (κ1) is 12.9. The van der Waals surface area contributed by atoms with Gasteiger partial charge in [0.05, 0.1) is 6.61 Å². The Balaban J connectivity index is 2.42. The summed E-state index contributed by atoms with van der Waals surface area (Å²) in [7, 11) is 2.13. The maximum Gasteiger partial charge on any atom is 0.0621 e. The molecule has 1 aliphatic carbocycles. The standard InChI is InChI=1S/C12H26N2O/c1-10-5-4-6-11(7-10)14(3)8-12(2,13)9-15/h10-11,15H,4-9,13H2,1-3H3. The van der Waals surface area contributed by atoms with E-state index in [1.165, 1.54) is 25.7 Å². The summed E-state index contributed by atoms with van der Waals surface area (Å²) in [6, 6.07) is 0.656. The van der Waals surface area contributed by atoms with Gasteiger partial charge in [-0.15, -0.1) is 0 Å². The van der Waals surface area contributed by atoms with Gasteiger partial charge in [-0.1, -0.05) is 19.8 Å². The van der Waals surface area contributed by atoms with Crippen LogP contribution in [0.5, 0.6) is 0 Å². The first-order valence-electron chi connectivity index (χ1n) is 6.04. The second-order valence-electron chi connectivity index (χ2n) is 5.65. The molecule has 0 amide bonds. The fraction of sp³-hybridized carbons (Fsp3) is 1.00. The minimum absolute atomic E-state index is 0.0552. The Labute approximate surface area is 93.6 Å². The molecule has 3 heteroatoms. The molecule has 90 valence electrons. The van der Waals surface area contributed by atoms with Gasteiger partial charge in [0.15, 0.2) is 0 Å². The Morgan fingerprint density at radius 1 is 1.47 bits per heavy atom. The van der Waals surface area contributed by atoms with E-state index >= 15 is 0 Å². The van der Waals surface area contributed by atoms with Gasteiger partial charge in [-0.2, -0.15) is 0 Å². The van der Waals surface area contributed by atoms with Crippen molar-refractivity contribution in [2.24, 2.45) is 11.7 Å². The molecule has 3 unspecified atom stereocenters. The molecule has 0 aliphatic heterocycles. The van der Waals surface area contributed by atoms with Gasteiger partial charge in [0, 0.05) is 18.1 Å². The van der Waals surface area contributed by atoms with Crippen LogP contribution in [0.1, 0.15) is 39.5 Å². The topological polar surface area (TPSA) is 49.5 Å². The van der Waals surface area contributed by atoms with Gasteiger partial charge in [-0.05, 0) is 32.7 Å². The number of nitrogens with two attached hydrogens (primary N) is 1. The fourth-order valence-electron chi connectivity index (χ4n) is 2.55. The van der Waals surface area contributed by atoms with Crippen LogP contribution < -0.4 is 5.73 Å². The number of hydrogen-bond donors (Lipinski definition) is 2. The van der Waals surface area contributed by atoms with Crippen LogP contribution in [0.25, 0.3) is 0 Å².